The van der Waals surface area contributed by atoms with Crippen LogP contribution in [0.15, 0.2) is 88.4 Å². The molecule has 0 saturated heterocycles. The molecule has 0 bridgehead atoms. The lowest BCUT2D eigenvalue weighted by atomic mass is 9.78. The molecule has 4 rings (SSSR count). The van der Waals surface area contributed by atoms with Crippen LogP contribution >= 0.6 is 15.9 Å². The molecule has 1 unspecified atom stereocenters. The third kappa shape index (κ3) is 5.03. The summed E-state index contributed by atoms with van der Waals surface area (Å²) in [5.41, 5.74) is -1.33. The Hall–Kier alpha value is -3.17. The molecule has 0 radical (unpaired) electrons. The van der Waals surface area contributed by atoms with E-state index in [0.717, 1.165) is 11.1 Å². The number of amides is 1. The maximum atomic E-state index is 13.8. The van der Waals surface area contributed by atoms with Gasteiger partial charge in [-0.15, -0.1) is 0 Å². The molecule has 3 aromatic rings. The normalized spacial score (nSPS) is 18.2. The number of hydrazone groups is 1. The van der Waals surface area contributed by atoms with E-state index in [0.29, 0.717) is 15.8 Å². The molecule has 5 nitrogen and oxygen atoms in total. The summed E-state index contributed by atoms with van der Waals surface area (Å²) in [7, 11) is 0. The first kappa shape index (κ1) is 25.9. The number of alkyl halides is 3. The van der Waals surface area contributed by atoms with Gasteiger partial charge in [-0.05, 0) is 41.0 Å². The average molecular weight is 561 g/mol. The number of aliphatic hydroxyl groups is 1. The Morgan fingerprint density at radius 2 is 1.67 bits per heavy atom. The number of hydrogen-bond donors (Lipinski definition) is 1. The van der Waals surface area contributed by atoms with E-state index in [4.69, 9.17) is 4.74 Å². The van der Waals surface area contributed by atoms with Gasteiger partial charge in [0.25, 0.3) is 11.6 Å². The van der Waals surface area contributed by atoms with E-state index in [1.165, 1.54) is 0 Å². The molecule has 188 valence electrons. The quantitative estimate of drug-likeness (QED) is 0.399. The number of halogens is 4. The van der Waals surface area contributed by atoms with Gasteiger partial charge in [-0.2, -0.15) is 23.3 Å². The van der Waals surface area contributed by atoms with E-state index in [1.807, 2.05) is 42.5 Å². The Balaban J connectivity index is 1.50. The van der Waals surface area contributed by atoms with Gasteiger partial charge in [0, 0.05) is 9.89 Å². The van der Waals surface area contributed by atoms with Crippen molar-refractivity contribution in [1.82, 2.24) is 5.01 Å². The summed E-state index contributed by atoms with van der Waals surface area (Å²) in [6.45, 7) is 3.43. The zero-order valence-corrected chi connectivity index (χ0v) is 21.2. The van der Waals surface area contributed by atoms with E-state index < -0.39 is 30.8 Å². The second kappa shape index (κ2) is 9.71. The molecule has 1 aliphatic heterocycles. The minimum absolute atomic E-state index is 0.0584. The van der Waals surface area contributed by atoms with Crippen LogP contribution in [0.4, 0.5) is 13.2 Å². The van der Waals surface area contributed by atoms with Gasteiger partial charge in [-0.25, -0.2) is 0 Å². The highest BCUT2D eigenvalue weighted by atomic mass is 79.9. The van der Waals surface area contributed by atoms with Crippen molar-refractivity contribution in [2.24, 2.45) is 5.10 Å². The van der Waals surface area contributed by atoms with Crippen molar-refractivity contribution in [2.45, 2.75) is 37.6 Å². The van der Waals surface area contributed by atoms with E-state index in [2.05, 4.69) is 34.9 Å². The average Bonchev–Trinajstić information content (AvgIpc) is 3.22. The number of carbonyl (C=O) groups is 1. The third-order valence-electron chi connectivity index (χ3n) is 6.27. The molecule has 0 fully saturated rings. The highest BCUT2D eigenvalue weighted by Crippen LogP contribution is 2.41. The standard InChI is InChI=1S/C27H24BrF3N2O3/c1-25(2,19-8-4-3-5-9-19)20-11-13-22(14-12-20)36-17-24(34)33-26(35,27(29,30)31)16-23(32-33)18-7-6-10-21(28)15-18/h3-15,35H,16-17H2,1-2H3. The number of carbonyl (C=O) groups excluding carboxylic acids is 1. The molecule has 0 spiro atoms. The van der Waals surface area contributed by atoms with Gasteiger partial charge in [0.1, 0.15) is 5.75 Å². The topological polar surface area (TPSA) is 62.1 Å². The monoisotopic (exact) mass is 560 g/mol. The maximum absolute atomic E-state index is 13.8. The first-order valence-electron chi connectivity index (χ1n) is 11.2. The number of hydrogen-bond acceptors (Lipinski definition) is 4. The molecule has 1 heterocycles. The van der Waals surface area contributed by atoms with E-state index in [1.54, 1.807) is 36.4 Å². The van der Waals surface area contributed by atoms with Crippen molar-refractivity contribution in [3.63, 3.8) is 0 Å². The van der Waals surface area contributed by atoms with Crippen LogP contribution in [0.1, 0.15) is 37.0 Å². The molecular weight excluding hydrogens is 537 g/mol. The van der Waals surface area contributed by atoms with Crippen LogP contribution in [0.3, 0.4) is 0 Å². The number of ether oxygens (including phenoxy) is 1. The van der Waals surface area contributed by atoms with E-state index >= 15 is 0 Å². The van der Waals surface area contributed by atoms with Gasteiger partial charge in [-0.3, -0.25) is 4.79 Å². The summed E-state index contributed by atoms with van der Waals surface area (Å²) >= 11 is 3.26. The van der Waals surface area contributed by atoms with Gasteiger partial charge < -0.3 is 9.84 Å². The Kier molecular flexibility index (Phi) is 6.99. The Labute approximate surface area is 215 Å². The van der Waals surface area contributed by atoms with E-state index in [-0.39, 0.29) is 16.1 Å². The summed E-state index contributed by atoms with van der Waals surface area (Å²) < 4.78 is 47.6. The van der Waals surface area contributed by atoms with Crippen molar-refractivity contribution < 1.29 is 27.8 Å². The van der Waals surface area contributed by atoms with Crippen LogP contribution in [-0.2, 0) is 10.2 Å². The van der Waals surface area contributed by atoms with Crippen molar-refractivity contribution in [2.75, 3.05) is 6.61 Å². The van der Waals surface area contributed by atoms with Crippen molar-refractivity contribution >= 4 is 27.5 Å². The number of rotatable bonds is 6. The SMILES string of the molecule is CC(C)(c1ccccc1)c1ccc(OCC(=O)N2N=C(c3cccc(Br)c3)CC2(O)C(F)(F)F)cc1. The van der Waals surface area contributed by atoms with Gasteiger partial charge in [0.05, 0.1) is 12.1 Å². The number of benzene rings is 3. The smallest absolute Gasteiger partial charge is 0.438 e. The molecule has 0 saturated carbocycles. The fourth-order valence-corrected chi connectivity index (χ4v) is 4.45. The first-order valence-corrected chi connectivity index (χ1v) is 12.0. The predicted molar refractivity (Wildman–Crippen MR) is 134 cm³/mol. The van der Waals surface area contributed by atoms with Crippen LogP contribution in [0.2, 0.25) is 0 Å². The van der Waals surface area contributed by atoms with Gasteiger partial charge in [0.2, 0.25) is 0 Å². The molecule has 1 amide bonds. The first-order chi connectivity index (χ1) is 16.9. The van der Waals surface area contributed by atoms with Crippen LogP contribution in [0.25, 0.3) is 0 Å². The second-order valence-corrected chi connectivity index (χ2v) is 9.97. The van der Waals surface area contributed by atoms with Gasteiger partial charge in [-0.1, -0.05) is 84.4 Å². The van der Waals surface area contributed by atoms with Crippen LogP contribution in [-0.4, -0.2) is 40.2 Å². The summed E-state index contributed by atoms with van der Waals surface area (Å²) in [4.78, 5) is 12.8. The molecule has 9 heteroatoms. The fourth-order valence-electron chi connectivity index (χ4n) is 4.05. The highest BCUT2D eigenvalue weighted by molar-refractivity contribution is 9.10. The maximum Gasteiger partial charge on any atom is 0.438 e. The Morgan fingerprint density at radius 3 is 2.28 bits per heavy atom. The summed E-state index contributed by atoms with van der Waals surface area (Å²) in [6, 6.07) is 23.4. The molecule has 0 aliphatic carbocycles. The van der Waals surface area contributed by atoms with Gasteiger partial charge in [0.15, 0.2) is 6.61 Å². The van der Waals surface area contributed by atoms with Crippen LogP contribution in [0.5, 0.6) is 5.75 Å². The Bertz CT molecular complexity index is 1280. The zero-order chi connectivity index (χ0) is 26.1. The highest BCUT2D eigenvalue weighted by Gasteiger charge is 2.63. The lowest BCUT2D eigenvalue weighted by molar-refractivity contribution is -0.302. The molecule has 1 N–H and O–H groups in total. The zero-order valence-electron chi connectivity index (χ0n) is 19.6. The predicted octanol–water partition coefficient (Wildman–Crippen LogP) is 6.04. The fraction of sp³-hybridized carbons (Fsp3) is 0.259. The molecule has 1 aliphatic rings. The van der Waals surface area contributed by atoms with Crippen LogP contribution in [0, 0.1) is 0 Å². The Morgan fingerprint density at radius 1 is 1.03 bits per heavy atom. The van der Waals surface area contributed by atoms with E-state index in [9.17, 15) is 23.1 Å². The molecule has 3 aromatic carbocycles. The third-order valence-corrected chi connectivity index (χ3v) is 6.76. The van der Waals surface area contributed by atoms with Crippen LogP contribution < -0.4 is 4.74 Å². The summed E-state index contributed by atoms with van der Waals surface area (Å²) in [5, 5.41) is 14.4. The molecule has 1 atom stereocenters. The molecule has 36 heavy (non-hydrogen) atoms. The lowest BCUT2D eigenvalue weighted by Gasteiger charge is -2.32. The van der Waals surface area contributed by atoms with Crippen molar-refractivity contribution in [3.05, 3.63) is 100 Å². The van der Waals surface area contributed by atoms with Crippen molar-refractivity contribution in [3.8, 4) is 5.75 Å². The van der Waals surface area contributed by atoms with Crippen molar-refractivity contribution in [1.29, 1.82) is 0 Å². The summed E-state index contributed by atoms with van der Waals surface area (Å²) in [6.07, 6.45) is -6.01. The molecular formula is C27H24BrF3N2O3. The largest absolute Gasteiger partial charge is 0.484 e. The van der Waals surface area contributed by atoms with Gasteiger partial charge >= 0.3 is 6.18 Å². The second-order valence-electron chi connectivity index (χ2n) is 9.06. The molecule has 0 aromatic heterocycles. The minimum Gasteiger partial charge on any atom is -0.484 e. The summed E-state index contributed by atoms with van der Waals surface area (Å²) in [5.74, 6) is -0.810. The lowest BCUT2D eigenvalue weighted by Crippen LogP contribution is -2.57. The minimum atomic E-state index is -5.12. The number of nitrogens with zero attached hydrogens (tertiary/aromatic N) is 2.